The fraction of sp³-hybridized carbons (Fsp3) is 0.571. The molecule has 0 fully saturated rings. The number of likely N-dealkylation sites (N-methyl/N-ethyl adjacent to an activating group) is 1. The van der Waals surface area contributed by atoms with Crippen molar-refractivity contribution in [1.29, 1.82) is 0 Å². The highest BCUT2D eigenvalue weighted by atomic mass is 79.9. The Balaban J connectivity index is 2.78. The minimum atomic E-state index is 0.165. The van der Waals surface area contributed by atoms with Gasteiger partial charge < -0.3 is 15.4 Å². The van der Waals surface area contributed by atoms with Crippen LogP contribution < -0.4 is 10.6 Å². The van der Waals surface area contributed by atoms with E-state index >= 15 is 0 Å². The number of nitrogens with two attached hydrogens (primary N) is 1. The van der Waals surface area contributed by atoms with Crippen LogP contribution >= 0.6 is 15.9 Å². The van der Waals surface area contributed by atoms with Crippen molar-refractivity contribution in [3.8, 4) is 0 Å². The zero-order valence-corrected chi connectivity index (χ0v) is 13.0. The van der Waals surface area contributed by atoms with E-state index in [-0.39, 0.29) is 6.04 Å². The molecule has 0 aromatic heterocycles. The van der Waals surface area contributed by atoms with E-state index in [1.165, 1.54) is 11.3 Å². The van der Waals surface area contributed by atoms with E-state index in [0.717, 1.165) is 30.7 Å². The molecule has 18 heavy (non-hydrogen) atoms. The van der Waals surface area contributed by atoms with Crippen LogP contribution in [0.1, 0.15) is 19.4 Å². The van der Waals surface area contributed by atoms with Gasteiger partial charge in [0.25, 0.3) is 0 Å². The van der Waals surface area contributed by atoms with E-state index in [9.17, 15) is 0 Å². The molecule has 0 spiro atoms. The molecule has 102 valence electrons. The Morgan fingerprint density at radius 1 is 1.44 bits per heavy atom. The summed E-state index contributed by atoms with van der Waals surface area (Å²) in [4.78, 5) is 2.22. The molecule has 3 nitrogen and oxygen atoms in total. The van der Waals surface area contributed by atoms with Gasteiger partial charge in [-0.15, -0.1) is 0 Å². The number of halogens is 1. The fourth-order valence-corrected chi connectivity index (χ4v) is 2.31. The molecular formula is C14H23BrN2O. The highest BCUT2D eigenvalue weighted by Gasteiger charge is 2.09. The number of benzene rings is 1. The van der Waals surface area contributed by atoms with Crippen LogP contribution in [0.15, 0.2) is 22.7 Å². The van der Waals surface area contributed by atoms with Crippen LogP contribution in [0.3, 0.4) is 0 Å². The third kappa shape index (κ3) is 4.96. The van der Waals surface area contributed by atoms with Gasteiger partial charge in [0, 0.05) is 36.4 Å². The van der Waals surface area contributed by atoms with Crippen LogP contribution in [0.2, 0.25) is 0 Å². The van der Waals surface area contributed by atoms with Crippen LogP contribution in [0.25, 0.3) is 0 Å². The van der Waals surface area contributed by atoms with E-state index in [4.69, 9.17) is 10.5 Å². The normalized spacial score (nSPS) is 12.5. The summed E-state index contributed by atoms with van der Waals surface area (Å²) < 4.78 is 6.49. The minimum absolute atomic E-state index is 0.165. The molecule has 0 aliphatic carbocycles. The van der Waals surface area contributed by atoms with Crippen molar-refractivity contribution in [2.75, 3.05) is 31.7 Å². The van der Waals surface area contributed by atoms with E-state index in [2.05, 4.69) is 46.1 Å². The molecule has 0 saturated carbocycles. The van der Waals surface area contributed by atoms with Gasteiger partial charge in [-0.2, -0.15) is 0 Å². The molecule has 1 atom stereocenters. The maximum absolute atomic E-state index is 5.91. The third-order valence-corrected chi connectivity index (χ3v) is 3.26. The number of hydrogen-bond donors (Lipinski definition) is 1. The van der Waals surface area contributed by atoms with E-state index in [1.807, 2.05) is 13.8 Å². The summed E-state index contributed by atoms with van der Waals surface area (Å²) in [6.45, 7) is 6.45. The van der Waals surface area contributed by atoms with Gasteiger partial charge >= 0.3 is 0 Å². The lowest BCUT2D eigenvalue weighted by Crippen LogP contribution is -2.25. The molecule has 0 radical (unpaired) electrons. The Hall–Kier alpha value is -0.580. The maximum atomic E-state index is 5.91. The second-order valence-electron chi connectivity index (χ2n) is 4.57. The zero-order chi connectivity index (χ0) is 13.5. The largest absolute Gasteiger partial charge is 0.380 e. The molecular weight excluding hydrogens is 292 g/mol. The Morgan fingerprint density at radius 3 is 2.78 bits per heavy atom. The first kappa shape index (κ1) is 15.5. The first-order valence-corrected chi connectivity index (χ1v) is 7.16. The summed E-state index contributed by atoms with van der Waals surface area (Å²) in [5.41, 5.74) is 8.41. The quantitative estimate of drug-likeness (QED) is 0.786. The van der Waals surface area contributed by atoms with Gasteiger partial charge in [-0.25, -0.2) is 0 Å². The molecule has 1 unspecified atom stereocenters. The van der Waals surface area contributed by atoms with Gasteiger partial charge in [-0.1, -0.05) is 15.9 Å². The Kier molecular flexibility index (Phi) is 6.68. The summed E-state index contributed by atoms with van der Waals surface area (Å²) in [5, 5.41) is 0. The first-order chi connectivity index (χ1) is 8.54. The average Bonchev–Trinajstić information content (AvgIpc) is 2.28. The molecule has 0 heterocycles. The second-order valence-corrected chi connectivity index (χ2v) is 5.49. The van der Waals surface area contributed by atoms with Crippen molar-refractivity contribution in [3.05, 3.63) is 28.2 Å². The smallest absolute Gasteiger partial charge is 0.0641 e. The topological polar surface area (TPSA) is 38.5 Å². The molecule has 0 saturated heterocycles. The SMILES string of the molecule is CCOCCN(C)c1ccc(Br)cc1CC(C)N. The minimum Gasteiger partial charge on any atom is -0.380 e. The Labute approximate surface area is 118 Å². The zero-order valence-electron chi connectivity index (χ0n) is 11.4. The van der Waals surface area contributed by atoms with Crippen molar-refractivity contribution in [2.24, 2.45) is 5.73 Å². The Bertz CT molecular complexity index is 369. The van der Waals surface area contributed by atoms with Crippen molar-refractivity contribution < 1.29 is 4.74 Å². The molecule has 1 aromatic carbocycles. The van der Waals surface area contributed by atoms with Crippen molar-refractivity contribution in [3.63, 3.8) is 0 Å². The number of rotatable bonds is 7. The average molecular weight is 315 g/mol. The highest BCUT2D eigenvalue weighted by Crippen LogP contribution is 2.24. The van der Waals surface area contributed by atoms with Gasteiger partial charge in [0.1, 0.15) is 0 Å². The summed E-state index contributed by atoms with van der Waals surface area (Å²) in [6.07, 6.45) is 0.883. The monoisotopic (exact) mass is 314 g/mol. The standard InChI is InChI=1S/C14H23BrN2O/c1-4-18-8-7-17(3)14-6-5-13(15)10-12(14)9-11(2)16/h5-6,10-11H,4,7-9,16H2,1-3H3. The lowest BCUT2D eigenvalue weighted by molar-refractivity contribution is 0.154. The number of nitrogens with zero attached hydrogens (tertiary/aromatic N) is 1. The molecule has 4 heteroatoms. The lowest BCUT2D eigenvalue weighted by atomic mass is 10.0. The van der Waals surface area contributed by atoms with Gasteiger partial charge in [0.05, 0.1) is 6.61 Å². The van der Waals surface area contributed by atoms with Crippen molar-refractivity contribution >= 4 is 21.6 Å². The predicted octanol–water partition coefficient (Wildman–Crippen LogP) is 2.81. The molecule has 1 rings (SSSR count). The van der Waals surface area contributed by atoms with Crippen molar-refractivity contribution in [1.82, 2.24) is 0 Å². The van der Waals surface area contributed by atoms with Crippen LogP contribution in [0.4, 0.5) is 5.69 Å². The number of anilines is 1. The number of hydrogen-bond acceptors (Lipinski definition) is 3. The van der Waals surface area contributed by atoms with E-state index < -0.39 is 0 Å². The summed E-state index contributed by atoms with van der Waals surface area (Å²) in [5.74, 6) is 0. The first-order valence-electron chi connectivity index (χ1n) is 6.37. The predicted molar refractivity (Wildman–Crippen MR) is 81.3 cm³/mol. The van der Waals surface area contributed by atoms with Gasteiger partial charge in [0.2, 0.25) is 0 Å². The fourth-order valence-electron chi connectivity index (χ4n) is 1.90. The van der Waals surface area contributed by atoms with Crippen LogP contribution in [0, 0.1) is 0 Å². The summed E-state index contributed by atoms with van der Waals surface area (Å²) in [7, 11) is 2.09. The van der Waals surface area contributed by atoms with E-state index in [1.54, 1.807) is 0 Å². The Morgan fingerprint density at radius 2 is 2.17 bits per heavy atom. The van der Waals surface area contributed by atoms with Gasteiger partial charge in [-0.3, -0.25) is 0 Å². The molecule has 1 aromatic rings. The molecule has 2 N–H and O–H groups in total. The summed E-state index contributed by atoms with van der Waals surface area (Å²) >= 11 is 3.52. The molecule has 0 aliphatic heterocycles. The van der Waals surface area contributed by atoms with Crippen LogP contribution in [-0.4, -0.2) is 32.8 Å². The van der Waals surface area contributed by atoms with Gasteiger partial charge in [-0.05, 0) is 44.0 Å². The molecule has 0 aliphatic rings. The second kappa shape index (κ2) is 7.77. The van der Waals surface area contributed by atoms with E-state index in [0.29, 0.717) is 0 Å². The van der Waals surface area contributed by atoms with Crippen LogP contribution in [-0.2, 0) is 11.2 Å². The summed E-state index contributed by atoms with van der Waals surface area (Å²) in [6, 6.07) is 6.51. The van der Waals surface area contributed by atoms with Crippen LogP contribution in [0.5, 0.6) is 0 Å². The van der Waals surface area contributed by atoms with Gasteiger partial charge in [0.15, 0.2) is 0 Å². The highest BCUT2D eigenvalue weighted by molar-refractivity contribution is 9.10. The molecule has 0 amide bonds. The molecule has 0 bridgehead atoms. The maximum Gasteiger partial charge on any atom is 0.0641 e. The number of ether oxygens (including phenoxy) is 1. The lowest BCUT2D eigenvalue weighted by Gasteiger charge is -2.23. The third-order valence-electron chi connectivity index (χ3n) is 2.77. The van der Waals surface area contributed by atoms with Crippen molar-refractivity contribution in [2.45, 2.75) is 26.3 Å².